The monoisotopic (exact) mass is 425 g/mol. The Morgan fingerprint density at radius 3 is 2.56 bits per heavy atom. The molecule has 1 unspecified atom stereocenters. The van der Waals surface area contributed by atoms with Crippen LogP contribution in [-0.2, 0) is 16.2 Å². The summed E-state index contributed by atoms with van der Waals surface area (Å²) in [5.41, 5.74) is -0.865. The average molecular weight is 426 g/mol. The van der Waals surface area contributed by atoms with Gasteiger partial charge in [-0.2, -0.15) is 17.5 Å². The van der Waals surface area contributed by atoms with E-state index in [-0.39, 0.29) is 19.0 Å². The van der Waals surface area contributed by atoms with Gasteiger partial charge in [0.1, 0.15) is 5.82 Å². The van der Waals surface area contributed by atoms with E-state index in [0.717, 1.165) is 10.4 Å². The zero-order valence-corrected chi connectivity index (χ0v) is 15.4. The molecule has 1 N–H and O–H groups in total. The van der Waals surface area contributed by atoms with Crippen molar-refractivity contribution < 1.29 is 26.0 Å². The van der Waals surface area contributed by atoms with Gasteiger partial charge in [-0.15, -0.1) is 12.4 Å². The second-order valence-electron chi connectivity index (χ2n) is 5.76. The van der Waals surface area contributed by atoms with E-state index in [4.69, 9.17) is 0 Å². The quantitative estimate of drug-likeness (QED) is 0.768. The van der Waals surface area contributed by atoms with Crippen LogP contribution in [0.3, 0.4) is 0 Å². The van der Waals surface area contributed by atoms with E-state index in [1.54, 1.807) is 18.3 Å². The first-order valence-corrected chi connectivity index (χ1v) is 9.14. The molecule has 1 aliphatic heterocycles. The Balaban J connectivity index is 0.00000261. The van der Waals surface area contributed by atoms with Crippen LogP contribution in [0.1, 0.15) is 17.2 Å². The third-order valence-electron chi connectivity index (χ3n) is 4.12. The van der Waals surface area contributed by atoms with Crippen LogP contribution < -0.4 is 5.32 Å². The summed E-state index contributed by atoms with van der Waals surface area (Å²) >= 11 is 0. The number of rotatable bonds is 3. The molecule has 11 heteroatoms. The molecular formula is C16H16ClF4N3O2S. The molecular weight excluding hydrogens is 410 g/mol. The van der Waals surface area contributed by atoms with Crippen molar-refractivity contribution in [3.05, 3.63) is 59.7 Å². The standard InChI is InChI=1S/C16H15F4N3O2S.ClH/c17-14-8-12(3-4-13(14)16(18,19)20)26(24,25)23-7-6-22-10-15(23)11-2-1-5-21-9-11;/h1-5,8-9,15,22H,6-7,10H2;1H. The summed E-state index contributed by atoms with van der Waals surface area (Å²) in [5.74, 6) is -1.62. The van der Waals surface area contributed by atoms with Crippen molar-refractivity contribution in [1.29, 1.82) is 0 Å². The minimum Gasteiger partial charge on any atom is -0.313 e. The first-order chi connectivity index (χ1) is 12.2. The first-order valence-electron chi connectivity index (χ1n) is 7.70. The molecule has 0 aliphatic carbocycles. The highest BCUT2D eigenvalue weighted by Gasteiger charge is 2.37. The SMILES string of the molecule is Cl.O=S(=O)(c1ccc(C(F)(F)F)c(F)c1)N1CCNCC1c1cccnc1. The Bertz CT molecular complexity index is 894. The van der Waals surface area contributed by atoms with Crippen molar-refractivity contribution in [2.75, 3.05) is 19.6 Å². The minimum atomic E-state index is -4.89. The molecule has 0 radical (unpaired) electrons. The van der Waals surface area contributed by atoms with E-state index in [1.165, 1.54) is 6.20 Å². The summed E-state index contributed by atoms with van der Waals surface area (Å²) in [5, 5.41) is 3.07. The maximum Gasteiger partial charge on any atom is 0.419 e. The number of benzene rings is 1. The normalized spacial score (nSPS) is 18.7. The predicted molar refractivity (Wildman–Crippen MR) is 92.4 cm³/mol. The molecule has 0 spiro atoms. The lowest BCUT2D eigenvalue weighted by atomic mass is 10.1. The molecule has 1 aromatic carbocycles. The second kappa shape index (κ2) is 8.09. The fourth-order valence-corrected chi connectivity index (χ4v) is 4.48. The number of alkyl halides is 3. The Kier molecular flexibility index (Phi) is 6.46. The van der Waals surface area contributed by atoms with Gasteiger partial charge in [-0.25, -0.2) is 12.8 Å². The lowest BCUT2D eigenvalue weighted by Crippen LogP contribution is -2.48. The Morgan fingerprint density at radius 1 is 1.22 bits per heavy atom. The van der Waals surface area contributed by atoms with Gasteiger partial charge in [0, 0.05) is 32.0 Å². The minimum absolute atomic E-state index is 0. The van der Waals surface area contributed by atoms with Gasteiger partial charge in [0.05, 0.1) is 16.5 Å². The molecule has 3 rings (SSSR count). The lowest BCUT2D eigenvalue weighted by molar-refractivity contribution is -0.140. The molecule has 0 amide bonds. The number of hydrogen-bond acceptors (Lipinski definition) is 4. The molecule has 27 heavy (non-hydrogen) atoms. The van der Waals surface area contributed by atoms with E-state index in [9.17, 15) is 26.0 Å². The largest absolute Gasteiger partial charge is 0.419 e. The van der Waals surface area contributed by atoms with Crippen molar-refractivity contribution in [1.82, 2.24) is 14.6 Å². The first kappa shape index (κ1) is 21.5. The number of hydrogen-bond donors (Lipinski definition) is 1. The smallest absolute Gasteiger partial charge is 0.313 e. The van der Waals surface area contributed by atoms with Gasteiger partial charge in [0.2, 0.25) is 10.0 Å². The molecule has 1 atom stereocenters. The second-order valence-corrected chi connectivity index (χ2v) is 7.65. The number of sulfonamides is 1. The Morgan fingerprint density at radius 2 is 1.96 bits per heavy atom. The highest BCUT2D eigenvalue weighted by atomic mass is 35.5. The third-order valence-corrected chi connectivity index (χ3v) is 6.02. The van der Waals surface area contributed by atoms with Crippen molar-refractivity contribution in [2.24, 2.45) is 0 Å². The summed E-state index contributed by atoms with van der Waals surface area (Å²) < 4.78 is 78.9. The third kappa shape index (κ3) is 4.40. The average Bonchev–Trinajstić information content (AvgIpc) is 2.61. The topological polar surface area (TPSA) is 62.3 Å². The van der Waals surface area contributed by atoms with Crippen LogP contribution >= 0.6 is 12.4 Å². The maximum atomic E-state index is 13.8. The van der Waals surface area contributed by atoms with Gasteiger partial charge in [-0.05, 0) is 29.8 Å². The molecule has 1 aromatic heterocycles. The fraction of sp³-hybridized carbons (Fsp3) is 0.312. The number of nitrogens with one attached hydrogen (secondary N) is 1. The Hall–Kier alpha value is -1.75. The summed E-state index contributed by atoms with van der Waals surface area (Å²) in [6, 6.07) is 4.42. The van der Waals surface area contributed by atoms with Crippen molar-refractivity contribution in [3.8, 4) is 0 Å². The summed E-state index contributed by atoms with van der Waals surface area (Å²) in [6.45, 7) is 0.789. The van der Waals surface area contributed by atoms with Crippen LogP contribution in [0, 0.1) is 5.82 Å². The van der Waals surface area contributed by atoms with Gasteiger partial charge < -0.3 is 5.32 Å². The van der Waals surface area contributed by atoms with E-state index in [0.29, 0.717) is 30.8 Å². The van der Waals surface area contributed by atoms with Crippen LogP contribution in [0.5, 0.6) is 0 Å². The van der Waals surface area contributed by atoms with E-state index < -0.39 is 38.5 Å². The highest BCUT2D eigenvalue weighted by Crippen LogP contribution is 2.34. The molecule has 1 aliphatic rings. The number of piperazine rings is 1. The van der Waals surface area contributed by atoms with Crippen LogP contribution in [0.4, 0.5) is 17.6 Å². The van der Waals surface area contributed by atoms with Crippen LogP contribution in [0.25, 0.3) is 0 Å². The highest BCUT2D eigenvalue weighted by molar-refractivity contribution is 7.89. The van der Waals surface area contributed by atoms with Gasteiger partial charge in [-0.3, -0.25) is 4.98 Å². The number of nitrogens with zero attached hydrogens (tertiary/aromatic N) is 2. The summed E-state index contributed by atoms with van der Waals surface area (Å²) in [4.78, 5) is 3.45. The lowest BCUT2D eigenvalue weighted by Gasteiger charge is -2.35. The molecule has 0 bridgehead atoms. The van der Waals surface area contributed by atoms with Crippen LogP contribution in [0.15, 0.2) is 47.6 Å². The molecule has 1 saturated heterocycles. The van der Waals surface area contributed by atoms with Gasteiger partial charge in [0.15, 0.2) is 0 Å². The predicted octanol–water partition coefficient (Wildman–Crippen LogP) is 3.00. The zero-order valence-electron chi connectivity index (χ0n) is 13.8. The molecule has 1 fully saturated rings. The molecule has 5 nitrogen and oxygen atoms in total. The van der Waals surface area contributed by atoms with Gasteiger partial charge in [-0.1, -0.05) is 6.07 Å². The number of pyridine rings is 1. The van der Waals surface area contributed by atoms with E-state index >= 15 is 0 Å². The number of aromatic nitrogens is 1. The van der Waals surface area contributed by atoms with Gasteiger partial charge in [0.25, 0.3) is 0 Å². The zero-order chi connectivity index (χ0) is 18.9. The van der Waals surface area contributed by atoms with Crippen molar-refractivity contribution in [2.45, 2.75) is 17.1 Å². The van der Waals surface area contributed by atoms with Crippen LogP contribution in [0.2, 0.25) is 0 Å². The van der Waals surface area contributed by atoms with E-state index in [2.05, 4.69) is 10.3 Å². The van der Waals surface area contributed by atoms with E-state index in [1.807, 2.05) is 0 Å². The van der Waals surface area contributed by atoms with Crippen LogP contribution in [-0.4, -0.2) is 37.3 Å². The number of halogens is 5. The van der Waals surface area contributed by atoms with Gasteiger partial charge >= 0.3 is 6.18 Å². The fourth-order valence-electron chi connectivity index (χ4n) is 2.85. The molecule has 0 saturated carbocycles. The summed E-state index contributed by atoms with van der Waals surface area (Å²) in [6.07, 6.45) is -1.82. The van der Waals surface area contributed by atoms with Crippen molar-refractivity contribution >= 4 is 22.4 Å². The summed E-state index contributed by atoms with van der Waals surface area (Å²) in [7, 11) is -4.19. The maximum absolute atomic E-state index is 13.8. The molecule has 148 valence electrons. The molecule has 2 aromatic rings. The molecule has 2 heterocycles. The van der Waals surface area contributed by atoms with Crippen molar-refractivity contribution in [3.63, 3.8) is 0 Å². The Labute approximate surface area is 159 Å².